The van der Waals surface area contributed by atoms with Crippen LogP contribution >= 0.6 is 0 Å². The van der Waals surface area contributed by atoms with Crippen molar-refractivity contribution in [1.82, 2.24) is 5.32 Å². The maximum absolute atomic E-state index is 12.3. The molecule has 1 aliphatic rings. The number of nitro benzene ring substituents is 1. The first-order valence-corrected chi connectivity index (χ1v) is 8.02. The first-order chi connectivity index (χ1) is 12.5. The molecule has 0 radical (unpaired) electrons. The number of carbonyl (C=O) groups is 1. The molecule has 0 saturated heterocycles. The third-order valence-corrected chi connectivity index (χ3v) is 4.44. The molecule has 26 heavy (non-hydrogen) atoms. The third kappa shape index (κ3) is 2.59. The molecule has 1 atom stereocenters. The minimum Gasteiger partial charge on any atom is -0.457 e. The highest BCUT2D eigenvalue weighted by Gasteiger charge is 2.31. The van der Waals surface area contributed by atoms with E-state index in [2.05, 4.69) is 5.32 Å². The van der Waals surface area contributed by atoms with E-state index in [1.54, 1.807) is 30.3 Å². The van der Waals surface area contributed by atoms with E-state index in [0.29, 0.717) is 17.1 Å². The van der Waals surface area contributed by atoms with Crippen molar-refractivity contribution in [2.24, 2.45) is 0 Å². The van der Waals surface area contributed by atoms with Gasteiger partial charge in [0.05, 0.1) is 16.2 Å². The lowest BCUT2D eigenvalue weighted by atomic mass is 10.1. The van der Waals surface area contributed by atoms with Crippen molar-refractivity contribution in [2.75, 3.05) is 11.9 Å². The molecule has 130 valence electrons. The Morgan fingerprint density at radius 2 is 1.81 bits per heavy atom. The molecule has 0 unspecified atom stereocenters. The Labute approximate surface area is 149 Å². The Kier molecular flexibility index (Phi) is 3.69. The Hall–Kier alpha value is -3.61. The first kappa shape index (κ1) is 15.9. The summed E-state index contributed by atoms with van der Waals surface area (Å²) in [5.74, 6) is 1.01. The summed E-state index contributed by atoms with van der Waals surface area (Å²) < 4.78 is 5.92. The fourth-order valence-corrected chi connectivity index (χ4v) is 3.08. The largest absolute Gasteiger partial charge is 0.457 e. The highest BCUT2D eigenvalue weighted by atomic mass is 16.6. The van der Waals surface area contributed by atoms with Gasteiger partial charge in [0.15, 0.2) is 6.17 Å². The van der Waals surface area contributed by atoms with Crippen molar-refractivity contribution in [1.29, 1.82) is 0 Å². The number of furan rings is 1. The van der Waals surface area contributed by atoms with E-state index < -0.39 is 11.1 Å². The first-order valence-electron chi connectivity index (χ1n) is 8.02. The highest BCUT2D eigenvalue weighted by Crippen LogP contribution is 2.34. The topological polar surface area (TPSA) is 88.6 Å². The molecule has 7 nitrogen and oxygen atoms in total. The summed E-state index contributed by atoms with van der Waals surface area (Å²) >= 11 is 0. The zero-order chi connectivity index (χ0) is 18.3. The summed E-state index contributed by atoms with van der Waals surface area (Å²) in [5.41, 5.74) is 2.20. The van der Waals surface area contributed by atoms with Crippen LogP contribution in [0.4, 0.5) is 11.4 Å². The molecule has 0 spiro atoms. The normalized spacial score (nSPS) is 16.1. The number of anilines is 1. The SMILES string of the molecule is CN1c2ccccc2C(=O)N[C@@H]1c1ccc(-c2ccc([N+](=O)[O-])cc2)o1. The predicted molar refractivity (Wildman–Crippen MR) is 95.9 cm³/mol. The number of nitrogens with zero attached hydrogens (tertiary/aromatic N) is 2. The Balaban J connectivity index is 1.64. The molecular formula is C19H15N3O4. The van der Waals surface area contributed by atoms with Crippen LogP contribution in [0.5, 0.6) is 0 Å². The lowest BCUT2D eigenvalue weighted by Crippen LogP contribution is -2.44. The summed E-state index contributed by atoms with van der Waals surface area (Å²) in [4.78, 5) is 24.6. The van der Waals surface area contributed by atoms with Crippen molar-refractivity contribution in [3.05, 3.63) is 82.1 Å². The van der Waals surface area contributed by atoms with Crippen molar-refractivity contribution in [3.8, 4) is 11.3 Å². The molecule has 0 saturated carbocycles. The minimum atomic E-state index is -0.443. The number of hydrogen-bond donors (Lipinski definition) is 1. The van der Waals surface area contributed by atoms with Gasteiger partial charge in [-0.25, -0.2) is 0 Å². The number of para-hydroxylation sites is 1. The monoisotopic (exact) mass is 349 g/mol. The van der Waals surface area contributed by atoms with E-state index in [1.807, 2.05) is 30.1 Å². The van der Waals surface area contributed by atoms with Gasteiger partial charge in [0.2, 0.25) is 0 Å². The average Bonchev–Trinajstić information content (AvgIpc) is 3.15. The van der Waals surface area contributed by atoms with Gasteiger partial charge in [-0.15, -0.1) is 0 Å². The smallest absolute Gasteiger partial charge is 0.269 e. The second-order valence-corrected chi connectivity index (χ2v) is 6.01. The Morgan fingerprint density at radius 1 is 1.08 bits per heavy atom. The molecule has 2 heterocycles. The number of carbonyl (C=O) groups excluding carboxylic acids is 1. The van der Waals surface area contributed by atoms with Gasteiger partial charge in [0, 0.05) is 24.7 Å². The van der Waals surface area contributed by atoms with Gasteiger partial charge >= 0.3 is 0 Å². The molecule has 1 aromatic heterocycles. The number of non-ortho nitro benzene ring substituents is 1. The Morgan fingerprint density at radius 3 is 2.54 bits per heavy atom. The summed E-state index contributed by atoms with van der Waals surface area (Å²) in [5, 5.41) is 13.7. The van der Waals surface area contributed by atoms with E-state index in [9.17, 15) is 14.9 Å². The van der Waals surface area contributed by atoms with Gasteiger partial charge in [0.25, 0.3) is 11.6 Å². The number of amides is 1. The molecule has 1 amide bonds. The molecule has 0 aliphatic carbocycles. The van der Waals surface area contributed by atoms with E-state index in [0.717, 1.165) is 11.3 Å². The number of nitro groups is 1. The van der Waals surface area contributed by atoms with E-state index in [4.69, 9.17) is 4.42 Å². The van der Waals surface area contributed by atoms with Crippen LogP contribution in [0, 0.1) is 10.1 Å². The lowest BCUT2D eigenvalue weighted by molar-refractivity contribution is -0.384. The quantitative estimate of drug-likeness (QED) is 0.575. The highest BCUT2D eigenvalue weighted by molar-refractivity contribution is 6.01. The van der Waals surface area contributed by atoms with E-state index >= 15 is 0 Å². The van der Waals surface area contributed by atoms with Crippen LogP contribution < -0.4 is 10.2 Å². The lowest BCUT2D eigenvalue weighted by Gasteiger charge is -2.34. The van der Waals surface area contributed by atoms with Crippen LogP contribution in [-0.2, 0) is 0 Å². The second-order valence-electron chi connectivity index (χ2n) is 6.01. The number of fused-ring (bicyclic) bond motifs is 1. The van der Waals surface area contributed by atoms with Gasteiger partial charge in [-0.2, -0.15) is 0 Å². The van der Waals surface area contributed by atoms with Crippen LogP contribution in [-0.4, -0.2) is 17.9 Å². The van der Waals surface area contributed by atoms with Crippen LogP contribution in [0.3, 0.4) is 0 Å². The van der Waals surface area contributed by atoms with Crippen molar-refractivity contribution in [3.63, 3.8) is 0 Å². The van der Waals surface area contributed by atoms with Crippen LogP contribution in [0.1, 0.15) is 22.3 Å². The van der Waals surface area contributed by atoms with Gasteiger partial charge in [0.1, 0.15) is 11.5 Å². The average molecular weight is 349 g/mol. The molecule has 4 rings (SSSR count). The fourth-order valence-electron chi connectivity index (χ4n) is 3.08. The van der Waals surface area contributed by atoms with Crippen LogP contribution in [0.25, 0.3) is 11.3 Å². The molecule has 0 bridgehead atoms. The Bertz CT molecular complexity index is 994. The maximum Gasteiger partial charge on any atom is 0.269 e. The molecule has 0 fully saturated rings. The number of rotatable bonds is 3. The number of hydrogen-bond acceptors (Lipinski definition) is 5. The van der Waals surface area contributed by atoms with Gasteiger partial charge in [-0.3, -0.25) is 14.9 Å². The van der Waals surface area contributed by atoms with Gasteiger partial charge < -0.3 is 14.6 Å². The summed E-state index contributed by atoms with van der Waals surface area (Å²) in [7, 11) is 1.89. The zero-order valence-electron chi connectivity index (χ0n) is 13.9. The van der Waals surface area contributed by atoms with E-state index in [1.165, 1.54) is 12.1 Å². The standard InChI is InChI=1S/C19H15N3O4/c1-21-15-5-3-2-4-14(15)19(23)20-18(21)17-11-10-16(26-17)12-6-8-13(9-7-12)22(24)25/h2-11,18H,1H3,(H,20,23)/t18-/m0/s1. The van der Waals surface area contributed by atoms with Crippen molar-refractivity contribution in [2.45, 2.75) is 6.17 Å². The van der Waals surface area contributed by atoms with Gasteiger partial charge in [-0.05, 0) is 36.4 Å². The van der Waals surface area contributed by atoms with Gasteiger partial charge in [-0.1, -0.05) is 12.1 Å². The summed E-state index contributed by atoms with van der Waals surface area (Å²) in [6.45, 7) is 0. The summed E-state index contributed by atoms with van der Waals surface area (Å²) in [6, 6.07) is 17.1. The zero-order valence-corrected chi connectivity index (χ0v) is 13.9. The molecular weight excluding hydrogens is 334 g/mol. The summed E-state index contributed by atoms with van der Waals surface area (Å²) in [6.07, 6.45) is -0.427. The number of benzene rings is 2. The second kappa shape index (κ2) is 6.03. The molecule has 2 aromatic carbocycles. The van der Waals surface area contributed by atoms with Crippen LogP contribution in [0.15, 0.2) is 65.1 Å². The van der Waals surface area contributed by atoms with Crippen LogP contribution in [0.2, 0.25) is 0 Å². The minimum absolute atomic E-state index is 0.0245. The van der Waals surface area contributed by atoms with Crippen molar-refractivity contribution < 1.29 is 14.1 Å². The fraction of sp³-hybridized carbons (Fsp3) is 0.105. The van der Waals surface area contributed by atoms with Crippen molar-refractivity contribution >= 4 is 17.3 Å². The predicted octanol–water partition coefficient (Wildman–Crippen LogP) is 3.73. The maximum atomic E-state index is 12.3. The molecule has 3 aromatic rings. The third-order valence-electron chi connectivity index (χ3n) is 4.44. The van der Waals surface area contributed by atoms with E-state index in [-0.39, 0.29) is 11.6 Å². The molecule has 1 aliphatic heterocycles. The molecule has 1 N–H and O–H groups in total. The molecule has 7 heteroatoms. The number of nitrogens with one attached hydrogen (secondary N) is 1.